The van der Waals surface area contributed by atoms with Crippen LogP contribution in [0.1, 0.15) is 53.9 Å². The number of amides is 2. The van der Waals surface area contributed by atoms with Crippen molar-refractivity contribution in [3.8, 4) is 16.9 Å². The van der Waals surface area contributed by atoms with Gasteiger partial charge in [-0.1, -0.05) is 83.1 Å². The number of anilines is 1. The van der Waals surface area contributed by atoms with Crippen LogP contribution in [0, 0.1) is 11.3 Å². The second-order valence-electron chi connectivity index (χ2n) is 10.5. The van der Waals surface area contributed by atoms with Gasteiger partial charge >= 0.3 is 0 Å². The number of aromatic nitrogens is 2. The molecule has 2 aromatic carbocycles. The highest BCUT2D eigenvalue weighted by Crippen LogP contribution is 2.27. The van der Waals surface area contributed by atoms with E-state index in [0.717, 1.165) is 29.8 Å². The highest BCUT2D eigenvalue weighted by atomic mass is 16.2. The summed E-state index contributed by atoms with van der Waals surface area (Å²) in [6.45, 7) is 11.3. The molecule has 6 heteroatoms. The van der Waals surface area contributed by atoms with E-state index in [-0.39, 0.29) is 29.7 Å². The lowest BCUT2D eigenvalue weighted by Crippen LogP contribution is -2.39. The first kappa shape index (κ1) is 26.2. The van der Waals surface area contributed by atoms with Crippen LogP contribution in [0.25, 0.3) is 16.9 Å². The number of nitrogens with zero attached hydrogens (tertiary/aromatic N) is 3. The smallest absolute Gasteiger partial charge is 0.245 e. The summed E-state index contributed by atoms with van der Waals surface area (Å²) in [5.41, 5.74) is 2.75. The molecule has 6 nitrogen and oxygen atoms in total. The lowest BCUT2D eigenvalue weighted by Gasteiger charge is -2.26. The summed E-state index contributed by atoms with van der Waals surface area (Å²) in [5.74, 6) is 0.634. The average Bonchev–Trinajstić information content (AvgIpc) is 3.22. The van der Waals surface area contributed by atoms with E-state index in [2.05, 4.69) is 33.0 Å². The van der Waals surface area contributed by atoms with E-state index in [1.165, 1.54) is 0 Å². The van der Waals surface area contributed by atoms with E-state index in [1.54, 1.807) is 9.58 Å². The highest BCUT2D eigenvalue weighted by Gasteiger charge is 2.23. The Kier molecular flexibility index (Phi) is 8.85. The van der Waals surface area contributed by atoms with Gasteiger partial charge in [-0.25, -0.2) is 4.68 Å². The van der Waals surface area contributed by atoms with E-state index in [4.69, 9.17) is 5.10 Å². The Labute approximate surface area is 209 Å². The molecule has 0 saturated carbocycles. The Balaban J connectivity index is 1.77. The largest absolute Gasteiger partial charge is 0.333 e. The first-order chi connectivity index (χ1) is 16.7. The van der Waals surface area contributed by atoms with Crippen molar-refractivity contribution in [2.24, 2.45) is 11.3 Å². The fraction of sp³-hybridized carbons (Fsp3) is 0.414. The summed E-state index contributed by atoms with van der Waals surface area (Å²) in [7, 11) is 0. The Morgan fingerprint density at radius 2 is 1.66 bits per heavy atom. The first-order valence-corrected chi connectivity index (χ1v) is 12.4. The second kappa shape index (κ2) is 11.8. The van der Waals surface area contributed by atoms with Crippen LogP contribution in [-0.2, 0) is 9.59 Å². The number of para-hydroxylation sites is 1. The van der Waals surface area contributed by atoms with E-state index < -0.39 is 0 Å². The molecule has 35 heavy (non-hydrogen) atoms. The fourth-order valence-corrected chi connectivity index (χ4v) is 4.45. The van der Waals surface area contributed by atoms with Crippen LogP contribution in [0.3, 0.4) is 0 Å². The van der Waals surface area contributed by atoms with Gasteiger partial charge in [0.25, 0.3) is 0 Å². The predicted octanol–water partition coefficient (Wildman–Crippen LogP) is 6.18. The van der Waals surface area contributed by atoms with Gasteiger partial charge in [-0.15, -0.1) is 0 Å². The Morgan fingerprint density at radius 3 is 2.26 bits per heavy atom. The lowest BCUT2D eigenvalue weighted by molar-refractivity contribution is -0.135. The molecule has 1 aromatic heterocycles. The summed E-state index contributed by atoms with van der Waals surface area (Å²) in [6.07, 6.45) is 2.21. The van der Waals surface area contributed by atoms with Crippen LogP contribution in [0.15, 0.2) is 66.7 Å². The zero-order valence-corrected chi connectivity index (χ0v) is 21.6. The molecule has 0 aliphatic rings. The molecule has 0 fully saturated rings. The van der Waals surface area contributed by atoms with Crippen LogP contribution in [-0.4, -0.2) is 39.6 Å². The minimum Gasteiger partial charge on any atom is -0.333 e. The molecule has 0 radical (unpaired) electrons. The Bertz CT molecular complexity index is 1100. The summed E-state index contributed by atoms with van der Waals surface area (Å²) < 4.78 is 1.73. The molecular formula is C29H38N4O2. The van der Waals surface area contributed by atoms with Crippen LogP contribution in [0.5, 0.6) is 0 Å². The lowest BCUT2D eigenvalue weighted by atomic mass is 9.84. The molecular weight excluding hydrogens is 436 g/mol. The van der Waals surface area contributed by atoms with Gasteiger partial charge in [0.2, 0.25) is 11.8 Å². The highest BCUT2D eigenvalue weighted by molar-refractivity contribution is 5.94. The van der Waals surface area contributed by atoms with Gasteiger partial charge in [0, 0.05) is 24.6 Å². The van der Waals surface area contributed by atoms with Crippen LogP contribution in [0.2, 0.25) is 0 Å². The molecule has 0 aliphatic heterocycles. The predicted molar refractivity (Wildman–Crippen MR) is 142 cm³/mol. The molecule has 1 N–H and O–H groups in total. The molecule has 3 aromatic rings. The SMILES string of the molecule is CCCN(CC(=O)Nc1cc(-c2ccccc2)nn1-c1ccccc1)C(=O)CC(C)CC(C)(C)C. The number of benzene rings is 2. The van der Waals surface area contributed by atoms with Crippen molar-refractivity contribution in [1.29, 1.82) is 0 Å². The monoisotopic (exact) mass is 474 g/mol. The van der Waals surface area contributed by atoms with Crippen molar-refractivity contribution in [3.63, 3.8) is 0 Å². The third-order valence-electron chi connectivity index (χ3n) is 5.71. The zero-order chi connectivity index (χ0) is 25.4. The number of carbonyl (C=O) groups excluding carboxylic acids is 2. The standard InChI is InChI=1S/C29H38N4O2/c1-6-17-32(28(35)18-22(2)20-29(3,4)5)21-27(34)30-26-19-25(23-13-9-7-10-14-23)31-33(26)24-15-11-8-12-16-24/h7-16,19,22H,6,17-18,20-21H2,1-5H3,(H,30,34). The molecule has 186 valence electrons. The fourth-order valence-electron chi connectivity index (χ4n) is 4.45. The van der Waals surface area contributed by atoms with Gasteiger partial charge in [-0.05, 0) is 36.3 Å². The van der Waals surface area contributed by atoms with E-state index >= 15 is 0 Å². The van der Waals surface area contributed by atoms with Gasteiger partial charge < -0.3 is 10.2 Å². The quantitative estimate of drug-likeness (QED) is 0.382. The van der Waals surface area contributed by atoms with E-state index in [9.17, 15) is 9.59 Å². The minimum absolute atomic E-state index is 0.0234. The topological polar surface area (TPSA) is 67.2 Å². The van der Waals surface area contributed by atoms with Crippen LogP contribution < -0.4 is 5.32 Å². The third kappa shape index (κ3) is 7.81. The Hall–Kier alpha value is -3.41. The van der Waals surface area contributed by atoms with Gasteiger partial charge in [-0.3, -0.25) is 9.59 Å². The number of nitrogens with one attached hydrogen (secondary N) is 1. The maximum absolute atomic E-state index is 13.1. The molecule has 2 amide bonds. The van der Waals surface area contributed by atoms with Gasteiger partial charge in [0.15, 0.2) is 0 Å². The molecule has 0 spiro atoms. The van der Waals surface area contributed by atoms with Crippen LogP contribution >= 0.6 is 0 Å². The first-order valence-electron chi connectivity index (χ1n) is 12.4. The summed E-state index contributed by atoms with van der Waals surface area (Å²) >= 11 is 0. The average molecular weight is 475 g/mol. The number of rotatable bonds is 10. The third-order valence-corrected chi connectivity index (χ3v) is 5.71. The molecule has 1 unspecified atom stereocenters. The number of hydrogen-bond donors (Lipinski definition) is 1. The zero-order valence-electron chi connectivity index (χ0n) is 21.6. The maximum atomic E-state index is 13.1. The minimum atomic E-state index is -0.230. The summed E-state index contributed by atoms with van der Waals surface area (Å²) in [4.78, 5) is 27.8. The second-order valence-corrected chi connectivity index (χ2v) is 10.5. The Morgan fingerprint density at radius 1 is 1.03 bits per heavy atom. The van der Waals surface area contributed by atoms with Crippen molar-refractivity contribution < 1.29 is 9.59 Å². The van der Waals surface area contributed by atoms with Crippen molar-refractivity contribution >= 4 is 17.6 Å². The number of hydrogen-bond acceptors (Lipinski definition) is 3. The van der Waals surface area contributed by atoms with E-state index in [0.29, 0.717) is 18.8 Å². The van der Waals surface area contributed by atoms with E-state index in [1.807, 2.05) is 73.7 Å². The van der Waals surface area contributed by atoms with Crippen molar-refractivity contribution in [3.05, 3.63) is 66.7 Å². The van der Waals surface area contributed by atoms with Crippen molar-refractivity contribution in [2.45, 2.75) is 53.9 Å². The molecule has 3 rings (SSSR count). The van der Waals surface area contributed by atoms with Gasteiger partial charge in [0.05, 0.1) is 17.9 Å². The van der Waals surface area contributed by atoms with Crippen LogP contribution in [0.4, 0.5) is 5.82 Å². The number of carbonyl (C=O) groups is 2. The molecule has 1 heterocycles. The molecule has 0 aliphatic carbocycles. The van der Waals surface area contributed by atoms with Gasteiger partial charge in [0.1, 0.15) is 5.82 Å². The van der Waals surface area contributed by atoms with Gasteiger partial charge in [-0.2, -0.15) is 5.10 Å². The maximum Gasteiger partial charge on any atom is 0.245 e. The molecule has 1 atom stereocenters. The normalized spacial score (nSPS) is 12.3. The summed E-state index contributed by atoms with van der Waals surface area (Å²) in [6, 6.07) is 21.4. The molecule has 0 saturated heterocycles. The molecule has 0 bridgehead atoms. The van der Waals surface area contributed by atoms with Crippen molar-refractivity contribution in [1.82, 2.24) is 14.7 Å². The summed E-state index contributed by atoms with van der Waals surface area (Å²) in [5, 5.41) is 7.75. The van der Waals surface area contributed by atoms with Crippen molar-refractivity contribution in [2.75, 3.05) is 18.4 Å².